The summed E-state index contributed by atoms with van der Waals surface area (Å²) in [6.45, 7) is 0. The molecule has 0 aliphatic rings. The van der Waals surface area contributed by atoms with Crippen LogP contribution in [0.25, 0.3) is 0 Å². The van der Waals surface area contributed by atoms with E-state index in [-0.39, 0.29) is 0 Å². The molecule has 0 radical (unpaired) electrons. The number of carboxylic acid groups (broad SMARTS) is 1. The second-order valence-electron chi connectivity index (χ2n) is 2.41. The number of hydrogen-bond donors (Lipinski definition) is 1. The lowest BCUT2D eigenvalue weighted by molar-refractivity contribution is -0.131. The Kier molecular flexibility index (Phi) is 3.54. The first kappa shape index (κ1) is 9.00. The zero-order chi connectivity index (χ0) is 8.81. The lowest BCUT2D eigenvalue weighted by atomic mass is 10.2. The van der Waals surface area contributed by atoms with Gasteiger partial charge in [0.05, 0.1) is 0 Å². The minimum absolute atomic E-state index is 0.795. The van der Waals surface area contributed by atoms with Gasteiger partial charge in [-0.25, -0.2) is 4.79 Å². The molecule has 2 nitrogen and oxygen atoms in total. The zero-order valence-electron chi connectivity index (χ0n) is 6.56. The van der Waals surface area contributed by atoms with Gasteiger partial charge >= 0.3 is 5.97 Å². The van der Waals surface area contributed by atoms with E-state index in [4.69, 9.17) is 5.11 Å². The number of hydrogen-bond acceptors (Lipinski definition) is 2. The summed E-state index contributed by atoms with van der Waals surface area (Å²) in [5.74, 6) is -0.875. The summed E-state index contributed by atoms with van der Waals surface area (Å²) in [5, 5.41) is 12.4. The monoisotopic (exact) mass is 182 g/mol. The largest absolute Gasteiger partial charge is 0.478 e. The minimum Gasteiger partial charge on any atom is -0.478 e. The van der Waals surface area contributed by atoms with Gasteiger partial charge < -0.3 is 5.11 Å². The van der Waals surface area contributed by atoms with Crippen molar-refractivity contribution in [1.29, 1.82) is 0 Å². The van der Waals surface area contributed by atoms with Crippen LogP contribution in [-0.4, -0.2) is 11.1 Å². The molecule has 1 rings (SSSR count). The fourth-order valence-electron chi connectivity index (χ4n) is 0.869. The number of carboxylic acids is 1. The van der Waals surface area contributed by atoms with Crippen molar-refractivity contribution < 1.29 is 9.90 Å². The van der Waals surface area contributed by atoms with Crippen molar-refractivity contribution in [3.8, 4) is 0 Å². The van der Waals surface area contributed by atoms with Crippen molar-refractivity contribution in [1.82, 2.24) is 0 Å². The molecule has 0 atom stereocenters. The molecule has 0 aliphatic heterocycles. The Balaban J connectivity index is 2.23. The third-order valence-electron chi connectivity index (χ3n) is 1.44. The molecule has 1 heterocycles. The molecule has 0 aromatic carbocycles. The maximum absolute atomic E-state index is 10.1. The van der Waals surface area contributed by atoms with Gasteiger partial charge in [0.25, 0.3) is 0 Å². The third kappa shape index (κ3) is 3.34. The van der Waals surface area contributed by atoms with E-state index in [1.165, 1.54) is 11.6 Å². The molecule has 1 aromatic heterocycles. The molecule has 0 aliphatic carbocycles. The summed E-state index contributed by atoms with van der Waals surface area (Å²) in [6, 6.07) is 2.05. The maximum atomic E-state index is 10.1. The molecule has 12 heavy (non-hydrogen) atoms. The lowest BCUT2D eigenvalue weighted by Gasteiger charge is -1.89. The maximum Gasteiger partial charge on any atom is 0.327 e. The van der Waals surface area contributed by atoms with Crippen LogP contribution in [-0.2, 0) is 11.2 Å². The van der Waals surface area contributed by atoms with E-state index in [1.54, 1.807) is 17.4 Å². The zero-order valence-corrected chi connectivity index (χ0v) is 7.38. The summed E-state index contributed by atoms with van der Waals surface area (Å²) in [4.78, 5) is 10.1. The predicted molar refractivity (Wildman–Crippen MR) is 49.4 cm³/mol. The Morgan fingerprint density at radius 3 is 3.08 bits per heavy atom. The fourth-order valence-corrected chi connectivity index (χ4v) is 1.57. The Morgan fingerprint density at radius 2 is 2.50 bits per heavy atom. The quantitative estimate of drug-likeness (QED) is 0.725. The molecule has 64 valence electrons. The molecule has 0 amide bonds. The molecule has 0 spiro atoms. The summed E-state index contributed by atoms with van der Waals surface area (Å²) in [6.07, 6.45) is 4.59. The number of aryl methyl sites for hydroxylation is 1. The molecule has 0 fully saturated rings. The third-order valence-corrected chi connectivity index (χ3v) is 2.17. The Bertz CT molecular complexity index is 262. The number of thiophene rings is 1. The van der Waals surface area contributed by atoms with E-state index in [1.807, 2.05) is 5.38 Å². The van der Waals surface area contributed by atoms with Crippen LogP contribution in [0, 0.1) is 0 Å². The van der Waals surface area contributed by atoms with Crippen molar-refractivity contribution >= 4 is 17.3 Å². The SMILES string of the molecule is O=C(O)C=CCCc1ccsc1. The van der Waals surface area contributed by atoms with Crippen LogP contribution in [0.1, 0.15) is 12.0 Å². The highest BCUT2D eigenvalue weighted by molar-refractivity contribution is 7.07. The van der Waals surface area contributed by atoms with Gasteiger partial charge in [-0.2, -0.15) is 11.3 Å². The van der Waals surface area contributed by atoms with Gasteiger partial charge in [-0.15, -0.1) is 0 Å². The lowest BCUT2D eigenvalue weighted by Crippen LogP contribution is -1.86. The van der Waals surface area contributed by atoms with Crippen LogP contribution in [0.2, 0.25) is 0 Å². The highest BCUT2D eigenvalue weighted by atomic mass is 32.1. The Hall–Kier alpha value is -1.09. The average molecular weight is 182 g/mol. The van der Waals surface area contributed by atoms with Crippen LogP contribution < -0.4 is 0 Å². The summed E-state index contributed by atoms with van der Waals surface area (Å²) in [5.41, 5.74) is 1.27. The van der Waals surface area contributed by atoms with E-state index in [0.29, 0.717) is 0 Å². The predicted octanol–water partition coefficient (Wildman–Crippen LogP) is 2.32. The second-order valence-corrected chi connectivity index (χ2v) is 3.19. The first-order valence-electron chi connectivity index (χ1n) is 3.69. The molecule has 1 aromatic rings. The van der Waals surface area contributed by atoms with E-state index in [2.05, 4.69) is 11.4 Å². The van der Waals surface area contributed by atoms with Crippen LogP contribution in [0.3, 0.4) is 0 Å². The molecule has 3 heteroatoms. The van der Waals surface area contributed by atoms with E-state index in [0.717, 1.165) is 12.8 Å². The van der Waals surface area contributed by atoms with Crippen molar-refractivity contribution in [3.63, 3.8) is 0 Å². The fraction of sp³-hybridized carbons (Fsp3) is 0.222. The van der Waals surface area contributed by atoms with Gasteiger partial charge in [0.2, 0.25) is 0 Å². The number of rotatable bonds is 4. The van der Waals surface area contributed by atoms with Crippen LogP contribution >= 0.6 is 11.3 Å². The van der Waals surface area contributed by atoms with Gasteiger partial charge in [0.15, 0.2) is 0 Å². The van der Waals surface area contributed by atoms with Crippen LogP contribution in [0.5, 0.6) is 0 Å². The van der Waals surface area contributed by atoms with Gasteiger partial charge in [0.1, 0.15) is 0 Å². The van der Waals surface area contributed by atoms with Crippen molar-refractivity contribution in [2.75, 3.05) is 0 Å². The number of allylic oxidation sites excluding steroid dienone is 1. The average Bonchev–Trinajstić information content (AvgIpc) is 2.49. The molecular formula is C9H10O2S. The van der Waals surface area contributed by atoms with E-state index >= 15 is 0 Å². The van der Waals surface area contributed by atoms with Gasteiger partial charge in [-0.1, -0.05) is 6.08 Å². The van der Waals surface area contributed by atoms with Gasteiger partial charge in [-0.05, 0) is 35.2 Å². The van der Waals surface area contributed by atoms with Gasteiger partial charge in [-0.3, -0.25) is 0 Å². The number of carbonyl (C=O) groups is 1. The summed E-state index contributed by atoms with van der Waals surface area (Å²) >= 11 is 1.66. The standard InChI is InChI=1S/C9H10O2S/c10-9(11)4-2-1-3-8-5-6-12-7-8/h2,4-7H,1,3H2,(H,10,11). The first-order valence-corrected chi connectivity index (χ1v) is 4.64. The van der Waals surface area contributed by atoms with Crippen LogP contribution in [0.15, 0.2) is 29.0 Å². The van der Waals surface area contributed by atoms with Gasteiger partial charge in [0, 0.05) is 6.08 Å². The minimum atomic E-state index is -0.875. The molecule has 0 saturated carbocycles. The summed E-state index contributed by atoms with van der Waals surface area (Å²) < 4.78 is 0. The second kappa shape index (κ2) is 4.72. The smallest absolute Gasteiger partial charge is 0.327 e. The van der Waals surface area contributed by atoms with Crippen LogP contribution in [0.4, 0.5) is 0 Å². The van der Waals surface area contributed by atoms with E-state index < -0.39 is 5.97 Å². The molecule has 0 saturated heterocycles. The van der Waals surface area contributed by atoms with E-state index in [9.17, 15) is 4.79 Å². The topological polar surface area (TPSA) is 37.3 Å². The van der Waals surface area contributed by atoms with Crippen molar-refractivity contribution in [3.05, 3.63) is 34.5 Å². The van der Waals surface area contributed by atoms with Crippen molar-refractivity contribution in [2.45, 2.75) is 12.8 Å². The molecule has 1 N–H and O–H groups in total. The highest BCUT2D eigenvalue weighted by Crippen LogP contribution is 2.08. The molecule has 0 unspecified atom stereocenters. The molecule has 0 bridgehead atoms. The normalized spacial score (nSPS) is 10.7. The molecular weight excluding hydrogens is 172 g/mol. The first-order chi connectivity index (χ1) is 5.79. The number of aliphatic carboxylic acids is 1. The Morgan fingerprint density at radius 1 is 1.67 bits per heavy atom. The summed E-state index contributed by atoms with van der Waals surface area (Å²) in [7, 11) is 0. The van der Waals surface area contributed by atoms with Crippen molar-refractivity contribution in [2.24, 2.45) is 0 Å². The Labute approximate surface area is 75.2 Å². The highest BCUT2D eigenvalue weighted by Gasteiger charge is 1.90.